The zero-order chi connectivity index (χ0) is 18.7. The van der Waals surface area contributed by atoms with E-state index in [2.05, 4.69) is 45.9 Å². The smallest absolute Gasteiger partial charge is 0.240 e. The minimum atomic E-state index is -0.229. The summed E-state index contributed by atoms with van der Waals surface area (Å²) in [5.74, 6) is 0.183. The molecule has 1 saturated heterocycles. The fraction of sp³-hybridized carbons (Fsp3) is 0.409. The number of benzene rings is 2. The summed E-state index contributed by atoms with van der Waals surface area (Å²) in [5, 5.41) is -0.229. The molecule has 3 nitrogen and oxygen atoms in total. The monoisotopic (exact) mass is 369 g/mol. The molecule has 1 aliphatic rings. The SMILES string of the molecule is Cc1cc(C)c(C)c(S[C@@H](C(=O)N2CCOCC2)c2ccccc2)c1C. The number of hydrogen-bond acceptors (Lipinski definition) is 3. The average Bonchev–Trinajstić information content (AvgIpc) is 2.67. The van der Waals surface area contributed by atoms with Crippen molar-refractivity contribution in [2.24, 2.45) is 0 Å². The second kappa shape index (κ2) is 8.28. The van der Waals surface area contributed by atoms with Crippen LogP contribution >= 0.6 is 11.8 Å². The molecule has 1 aliphatic heterocycles. The Labute approximate surface area is 160 Å². The molecule has 2 aromatic carbocycles. The first-order valence-corrected chi connectivity index (χ1v) is 10.0. The fourth-order valence-corrected chi connectivity index (χ4v) is 4.77. The van der Waals surface area contributed by atoms with Crippen LogP contribution in [0.3, 0.4) is 0 Å². The van der Waals surface area contributed by atoms with Gasteiger partial charge < -0.3 is 9.64 Å². The fourth-order valence-electron chi connectivity index (χ4n) is 3.31. The van der Waals surface area contributed by atoms with E-state index in [1.165, 1.54) is 27.1 Å². The van der Waals surface area contributed by atoms with E-state index >= 15 is 0 Å². The molecule has 0 unspecified atom stereocenters. The summed E-state index contributed by atoms with van der Waals surface area (Å²) in [6, 6.07) is 12.4. The summed E-state index contributed by atoms with van der Waals surface area (Å²) in [6.45, 7) is 11.2. The summed E-state index contributed by atoms with van der Waals surface area (Å²) >= 11 is 1.69. The summed E-state index contributed by atoms with van der Waals surface area (Å²) in [4.78, 5) is 16.5. The van der Waals surface area contributed by atoms with E-state index in [1.54, 1.807) is 11.8 Å². The van der Waals surface area contributed by atoms with Gasteiger partial charge in [-0.25, -0.2) is 0 Å². The molecule has 2 aromatic rings. The van der Waals surface area contributed by atoms with E-state index < -0.39 is 0 Å². The number of carbonyl (C=O) groups excluding carboxylic acids is 1. The number of rotatable bonds is 4. The standard InChI is InChI=1S/C22H27NO2S/c1-15-14-16(2)18(4)20(17(15)3)26-21(19-8-6-5-7-9-19)22(24)23-10-12-25-13-11-23/h5-9,14,21H,10-13H2,1-4H3/t21-/m1/s1. The highest BCUT2D eigenvalue weighted by molar-refractivity contribution is 8.00. The molecule has 0 spiro atoms. The van der Waals surface area contributed by atoms with Crippen molar-refractivity contribution in [3.8, 4) is 0 Å². The third-order valence-corrected chi connectivity index (χ3v) is 6.74. The average molecular weight is 370 g/mol. The molecular weight excluding hydrogens is 342 g/mol. The van der Waals surface area contributed by atoms with E-state index in [0.717, 1.165) is 5.56 Å². The first kappa shape index (κ1) is 19.0. The van der Waals surface area contributed by atoms with Crippen molar-refractivity contribution in [1.29, 1.82) is 0 Å². The molecule has 1 atom stereocenters. The third-order valence-electron chi connectivity index (χ3n) is 5.18. The molecule has 26 heavy (non-hydrogen) atoms. The lowest BCUT2D eigenvalue weighted by molar-refractivity contribution is -0.134. The lowest BCUT2D eigenvalue weighted by Crippen LogP contribution is -2.42. The lowest BCUT2D eigenvalue weighted by atomic mass is 10.0. The van der Waals surface area contributed by atoms with E-state index in [4.69, 9.17) is 4.74 Å². The van der Waals surface area contributed by atoms with Crippen molar-refractivity contribution in [2.45, 2.75) is 37.8 Å². The van der Waals surface area contributed by atoms with Gasteiger partial charge in [0, 0.05) is 18.0 Å². The van der Waals surface area contributed by atoms with Gasteiger partial charge >= 0.3 is 0 Å². The number of amides is 1. The van der Waals surface area contributed by atoms with Crippen molar-refractivity contribution in [2.75, 3.05) is 26.3 Å². The molecule has 0 N–H and O–H groups in total. The molecule has 3 rings (SSSR count). The van der Waals surface area contributed by atoms with Crippen molar-refractivity contribution in [3.63, 3.8) is 0 Å². The number of hydrogen-bond donors (Lipinski definition) is 0. The van der Waals surface area contributed by atoms with Crippen LogP contribution in [0.25, 0.3) is 0 Å². The quantitative estimate of drug-likeness (QED) is 0.737. The maximum atomic E-state index is 13.3. The molecule has 0 aliphatic carbocycles. The largest absolute Gasteiger partial charge is 0.378 e. The van der Waals surface area contributed by atoms with Gasteiger partial charge in [0.2, 0.25) is 5.91 Å². The van der Waals surface area contributed by atoms with Crippen LogP contribution in [-0.2, 0) is 9.53 Å². The zero-order valence-corrected chi connectivity index (χ0v) is 16.9. The Morgan fingerprint density at radius 3 is 2.15 bits per heavy atom. The molecule has 1 fully saturated rings. The Morgan fingerprint density at radius 2 is 1.58 bits per heavy atom. The summed E-state index contributed by atoms with van der Waals surface area (Å²) in [7, 11) is 0. The molecule has 0 saturated carbocycles. The van der Waals surface area contributed by atoms with E-state index in [1.807, 2.05) is 23.1 Å². The third kappa shape index (κ3) is 3.97. The molecule has 138 valence electrons. The van der Waals surface area contributed by atoms with Gasteiger partial charge in [0.15, 0.2) is 0 Å². The van der Waals surface area contributed by atoms with Gasteiger partial charge in [-0.15, -0.1) is 11.8 Å². The molecule has 4 heteroatoms. The predicted octanol–water partition coefficient (Wildman–Crippen LogP) is 4.61. The van der Waals surface area contributed by atoms with E-state index in [-0.39, 0.29) is 11.2 Å². The minimum Gasteiger partial charge on any atom is -0.378 e. The van der Waals surface area contributed by atoms with Gasteiger partial charge in [0.05, 0.1) is 13.2 Å². The predicted molar refractivity (Wildman–Crippen MR) is 108 cm³/mol. The second-order valence-electron chi connectivity index (χ2n) is 6.94. The highest BCUT2D eigenvalue weighted by Gasteiger charge is 2.29. The molecule has 0 bridgehead atoms. The molecule has 0 radical (unpaired) electrons. The highest BCUT2D eigenvalue weighted by atomic mass is 32.2. The number of morpholine rings is 1. The van der Waals surface area contributed by atoms with Crippen molar-refractivity contribution >= 4 is 17.7 Å². The zero-order valence-electron chi connectivity index (χ0n) is 16.0. The second-order valence-corrected chi connectivity index (χ2v) is 8.05. The van der Waals surface area contributed by atoms with Gasteiger partial charge in [-0.05, 0) is 55.5 Å². The highest BCUT2D eigenvalue weighted by Crippen LogP contribution is 2.41. The Balaban J connectivity index is 1.98. The molecular formula is C22H27NO2S. The maximum absolute atomic E-state index is 13.3. The number of ether oxygens (including phenoxy) is 1. The van der Waals surface area contributed by atoms with Crippen LogP contribution in [0.5, 0.6) is 0 Å². The van der Waals surface area contributed by atoms with E-state index in [9.17, 15) is 4.79 Å². The molecule has 1 amide bonds. The van der Waals surface area contributed by atoms with Gasteiger partial charge in [0.25, 0.3) is 0 Å². The van der Waals surface area contributed by atoms with Crippen LogP contribution in [0, 0.1) is 27.7 Å². The van der Waals surface area contributed by atoms with Crippen LogP contribution in [0.1, 0.15) is 33.1 Å². The molecule has 1 heterocycles. The number of nitrogens with zero attached hydrogens (tertiary/aromatic N) is 1. The lowest BCUT2D eigenvalue weighted by Gasteiger charge is -2.31. The van der Waals surface area contributed by atoms with Crippen LogP contribution < -0.4 is 0 Å². The van der Waals surface area contributed by atoms with Crippen LogP contribution in [0.4, 0.5) is 0 Å². The van der Waals surface area contributed by atoms with Gasteiger partial charge in [-0.3, -0.25) is 4.79 Å². The summed E-state index contributed by atoms with van der Waals surface area (Å²) in [6.07, 6.45) is 0. The Bertz CT molecular complexity index is 756. The van der Waals surface area contributed by atoms with Gasteiger partial charge in [-0.2, -0.15) is 0 Å². The Hall–Kier alpha value is -1.78. The van der Waals surface area contributed by atoms with Gasteiger partial charge in [0.1, 0.15) is 5.25 Å². The Morgan fingerprint density at radius 1 is 1.00 bits per heavy atom. The van der Waals surface area contributed by atoms with E-state index in [0.29, 0.717) is 26.3 Å². The molecule has 0 aromatic heterocycles. The number of carbonyl (C=O) groups is 1. The first-order valence-electron chi connectivity index (χ1n) is 9.14. The first-order chi connectivity index (χ1) is 12.5. The Kier molecular flexibility index (Phi) is 6.05. The topological polar surface area (TPSA) is 29.5 Å². The number of aryl methyl sites for hydroxylation is 2. The number of thioether (sulfide) groups is 1. The van der Waals surface area contributed by atoms with Crippen LogP contribution in [0.2, 0.25) is 0 Å². The maximum Gasteiger partial charge on any atom is 0.240 e. The normalized spacial score (nSPS) is 15.8. The summed E-state index contributed by atoms with van der Waals surface area (Å²) in [5.41, 5.74) is 6.16. The van der Waals surface area contributed by atoms with Gasteiger partial charge in [-0.1, -0.05) is 36.4 Å². The van der Waals surface area contributed by atoms with Crippen molar-refractivity contribution in [3.05, 3.63) is 64.2 Å². The van der Waals surface area contributed by atoms with Crippen LogP contribution in [-0.4, -0.2) is 37.1 Å². The van der Waals surface area contributed by atoms with Crippen LogP contribution in [0.15, 0.2) is 41.3 Å². The summed E-state index contributed by atoms with van der Waals surface area (Å²) < 4.78 is 5.42. The van der Waals surface area contributed by atoms with Crippen molar-refractivity contribution in [1.82, 2.24) is 4.90 Å². The van der Waals surface area contributed by atoms with Crippen molar-refractivity contribution < 1.29 is 9.53 Å². The minimum absolute atomic E-state index is 0.183.